The number of halogens is 5. The van der Waals surface area contributed by atoms with Gasteiger partial charge in [0.25, 0.3) is 0 Å². The van der Waals surface area contributed by atoms with Crippen LogP contribution in [0.2, 0.25) is 5.02 Å². The quantitative estimate of drug-likeness (QED) is 0.612. The summed E-state index contributed by atoms with van der Waals surface area (Å²) in [5.41, 5.74) is -4.27. The van der Waals surface area contributed by atoms with Crippen molar-refractivity contribution in [3.8, 4) is 5.75 Å². The molecule has 0 aliphatic rings. The van der Waals surface area contributed by atoms with E-state index < -0.39 is 17.4 Å². The van der Waals surface area contributed by atoms with Gasteiger partial charge in [-0.3, -0.25) is 4.79 Å². The van der Waals surface area contributed by atoms with Gasteiger partial charge in [0.1, 0.15) is 5.75 Å². The Morgan fingerprint density at radius 3 is 2.40 bits per heavy atom. The van der Waals surface area contributed by atoms with E-state index in [1.165, 1.54) is 0 Å². The average molecular weight is 259 g/mol. The molecule has 0 saturated carbocycles. The second-order valence-electron chi connectivity index (χ2n) is 2.47. The van der Waals surface area contributed by atoms with Gasteiger partial charge in [-0.15, -0.1) is 8.78 Å². The van der Waals surface area contributed by atoms with Crippen LogP contribution in [0.3, 0.4) is 0 Å². The van der Waals surface area contributed by atoms with Crippen LogP contribution in [0.4, 0.5) is 13.2 Å². The number of ether oxygens (including phenoxy) is 1. The van der Waals surface area contributed by atoms with Gasteiger partial charge in [-0.25, -0.2) is 0 Å². The monoisotopic (exact) mass is 258 g/mol. The van der Waals surface area contributed by atoms with Crippen LogP contribution in [0.25, 0.3) is 0 Å². The third-order valence-electron chi connectivity index (χ3n) is 1.38. The molecule has 0 amide bonds. The van der Waals surface area contributed by atoms with E-state index in [2.05, 4.69) is 16.3 Å². The molecule has 2 nitrogen and oxygen atoms in total. The topological polar surface area (TPSA) is 26.3 Å². The highest BCUT2D eigenvalue weighted by Gasteiger charge is 2.28. The minimum atomic E-state index is -3.91. The molecule has 1 aromatic carbocycles. The molecule has 0 aromatic heterocycles. The predicted octanol–water partition coefficient (Wildman–Crippen LogP) is 3.62. The molecule has 1 rings (SSSR count). The Labute approximate surface area is 92.5 Å². The van der Waals surface area contributed by atoms with E-state index >= 15 is 0 Å². The summed E-state index contributed by atoms with van der Waals surface area (Å²) in [4.78, 5) is 10.3. The normalized spacial score (nSPS) is 11.3. The van der Waals surface area contributed by atoms with Gasteiger partial charge in [0.05, 0.1) is 10.6 Å². The summed E-state index contributed by atoms with van der Waals surface area (Å²) >= 11 is 9.93. The standard InChI is InChI=1S/C8H3Cl2F3O2/c9-5-3-4(7(11)14)1-2-6(5)15-8(10,12)13/h1-3H. The van der Waals surface area contributed by atoms with E-state index in [0.717, 1.165) is 18.2 Å². The Morgan fingerprint density at radius 1 is 1.40 bits per heavy atom. The van der Waals surface area contributed by atoms with Gasteiger partial charge >= 0.3 is 11.6 Å². The van der Waals surface area contributed by atoms with Crippen LogP contribution in [0, 0.1) is 0 Å². The summed E-state index contributed by atoms with van der Waals surface area (Å²) in [5, 5.41) is -0.334. The largest absolute Gasteiger partial charge is 0.487 e. The third-order valence-corrected chi connectivity index (χ3v) is 1.76. The zero-order valence-corrected chi connectivity index (χ0v) is 8.45. The Bertz CT molecular complexity index is 390. The fourth-order valence-corrected chi connectivity index (χ4v) is 1.13. The van der Waals surface area contributed by atoms with E-state index in [0.29, 0.717) is 0 Å². The van der Waals surface area contributed by atoms with Crippen molar-refractivity contribution in [2.24, 2.45) is 0 Å². The Hall–Kier alpha value is -0.940. The molecule has 82 valence electrons. The number of carbonyl (C=O) groups excluding carboxylic acids is 1. The van der Waals surface area contributed by atoms with E-state index in [1.807, 2.05) is 0 Å². The number of hydrogen-bond acceptors (Lipinski definition) is 2. The summed E-state index contributed by atoms with van der Waals surface area (Å²) in [5.74, 6) is -0.443. The minimum Gasteiger partial charge on any atom is -0.418 e. The van der Waals surface area contributed by atoms with Gasteiger partial charge in [-0.2, -0.15) is 4.39 Å². The highest BCUT2D eigenvalue weighted by Crippen LogP contribution is 2.31. The first-order chi connectivity index (χ1) is 6.79. The van der Waals surface area contributed by atoms with Crippen molar-refractivity contribution in [1.82, 2.24) is 0 Å². The summed E-state index contributed by atoms with van der Waals surface area (Å²) in [6.45, 7) is 0. The third kappa shape index (κ3) is 3.60. The number of alkyl halides is 3. The van der Waals surface area contributed by atoms with Crippen molar-refractivity contribution in [2.75, 3.05) is 0 Å². The molecule has 0 bridgehead atoms. The maximum absolute atomic E-state index is 12.2. The van der Waals surface area contributed by atoms with E-state index in [-0.39, 0.29) is 10.6 Å². The zero-order chi connectivity index (χ0) is 11.6. The van der Waals surface area contributed by atoms with Gasteiger partial charge in [0.2, 0.25) is 0 Å². The molecule has 0 spiro atoms. The first-order valence-corrected chi connectivity index (χ1v) is 4.30. The van der Waals surface area contributed by atoms with Gasteiger partial charge < -0.3 is 4.74 Å². The summed E-state index contributed by atoms with van der Waals surface area (Å²) in [6.07, 6.45) is 0. The number of rotatable bonds is 3. The lowest BCUT2D eigenvalue weighted by Crippen LogP contribution is -2.15. The Kier molecular flexibility index (Phi) is 3.46. The smallest absolute Gasteiger partial charge is 0.418 e. The molecule has 0 fully saturated rings. The second-order valence-corrected chi connectivity index (χ2v) is 3.31. The highest BCUT2D eigenvalue weighted by atomic mass is 35.5. The second kappa shape index (κ2) is 4.28. The molecule has 0 saturated heterocycles. The lowest BCUT2D eigenvalue weighted by atomic mass is 10.2. The van der Waals surface area contributed by atoms with E-state index in [1.54, 1.807) is 0 Å². The fourth-order valence-electron chi connectivity index (χ4n) is 0.831. The Balaban J connectivity index is 2.99. The van der Waals surface area contributed by atoms with Gasteiger partial charge in [0, 0.05) is 11.6 Å². The maximum atomic E-state index is 12.2. The lowest BCUT2D eigenvalue weighted by molar-refractivity contribution is -0.0964. The van der Waals surface area contributed by atoms with Gasteiger partial charge in [0.15, 0.2) is 0 Å². The summed E-state index contributed by atoms with van der Waals surface area (Å²) in [6, 6.07) is 1.01. The molecular weight excluding hydrogens is 256 g/mol. The zero-order valence-electron chi connectivity index (χ0n) is 6.94. The Morgan fingerprint density at radius 2 is 2.00 bits per heavy atom. The van der Waals surface area contributed by atoms with Crippen molar-refractivity contribution in [3.05, 3.63) is 28.8 Å². The van der Waals surface area contributed by atoms with Crippen molar-refractivity contribution >= 4 is 29.2 Å². The fraction of sp³-hybridized carbons (Fsp3) is 0.125. The molecule has 0 aliphatic carbocycles. The first kappa shape index (κ1) is 12.1. The van der Waals surface area contributed by atoms with Gasteiger partial charge in [-0.05, 0) is 18.2 Å². The molecule has 0 heterocycles. The number of benzene rings is 1. The lowest BCUT2D eigenvalue weighted by Gasteiger charge is -2.11. The molecule has 0 radical (unpaired) electrons. The molecule has 15 heavy (non-hydrogen) atoms. The number of carbonyl (C=O) groups is 1. The molecule has 7 heteroatoms. The van der Waals surface area contributed by atoms with Crippen molar-refractivity contribution in [3.63, 3.8) is 0 Å². The van der Waals surface area contributed by atoms with Crippen LogP contribution in [0.15, 0.2) is 18.2 Å². The first-order valence-electron chi connectivity index (χ1n) is 3.55. The predicted molar refractivity (Wildman–Crippen MR) is 48.3 cm³/mol. The van der Waals surface area contributed by atoms with Gasteiger partial charge in [-0.1, -0.05) is 11.6 Å². The van der Waals surface area contributed by atoms with Crippen LogP contribution >= 0.6 is 23.2 Å². The van der Waals surface area contributed by atoms with Crippen molar-refractivity contribution < 1.29 is 22.7 Å². The van der Waals surface area contributed by atoms with E-state index in [9.17, 15) is 18.0 Å². The van der Waals surface area contributed by atoms with Crippen LogP contribution < -0.4 is 4.74 Å². The molecule has 0 unspecified atom stereocenters. The van der Waals surface area contributed by atoms with Crippen LogP contribution in [-0.2, 0) is 0 Å². The van der Waals surface area contributed by atoms with Crippen LogP contribution in [-0.4, -0.2) is 11.6 Å². The molecular formula is C8H3Cl2F3O2. The molecule has 0 N–H and O–H groups in total. The highest BCUT2D eigenvalue weighted by molar-refractivity contribution is 6.32. The maximum Gasteiger partial charge on any atom is 0.487 e. The summed E-state index contributed by atoms with van der Waals surface area (Å²) in [7, 11) is 0. The van der Waals surface area contributed by atoms with Crippen molar-refractivity contribution in [2.45, 2.75) is 5.57 Å². The summed E-state index contributed by atoms with van der Waals surface area (Å²) < 4.78 is 40.5. The van der Waals surface area contributed by atoms with Crippen LogP contribution in [0.5, 0.6) is 5.75 Å². The van der Waals surface area contributed by atoms with E-state index in [4.69, 9.17) is 11.6 Å². The SMILES string of the molecule is O=C(F)c1ccc(OC(F)(F)Cl)c(Cl)c1. The van der Waals surface area contributed by atoms with Crippen molar-refractivity contribution in [1.29, 1.82) is 0 Å². The average Bonchev–Trinajstić information content (AvgIpc) is 2.05. The molecule has 0 aliphatic heterocycles. The number of hydrogen-bond donors (Lipinski definition) is 0. The van der Waals surface area contributed by atoms with Crippen LogP contribution in [0.1, 0.15) is 10.4 Å². The minimum absolute atomic E-state index is 0.334. The molecule has 1 aromatic rings. The molecule has 0 atom stereocenters.